The van der Waals surface area contributed by atoms with Crippen LogP contribution in [0.2, 0.25) is 0 Å². The zero-order chi connectivity index (χ0) is 21.0. The van der Waals surface area contributed by atoms with Crippen LogP contribution in [-0.4, -0.2) is 37.7 Å². The number of nitrogens with zero attached hydrogens (tertiary/aromatic N) is 3. The fraction of sp³-hybridized carbons (Fsp3) is 0.250. The van der Waals surface area contributed by atoms with Gasteiger partial charge in [0.1, 0.15) is 5.69 Å². The van der Waals surface area contributed by atoms with Gasteiger partial charge < -0.3 is 9.88 Å². The minimum absolute atomic E-state index is 0.0410. The second-order valence-corrected chi connectivity index (χ2v) is 8.30. The first-order chi connectivity index (χ1) is 13.8. The number of aromatic nitrogens is 2. The Hall–Kier alpha value is -3.38. The Bertz CT molecular complexity index is 1240. The summed E-state index contributed by atoms with van der Waals surface area (Å²) in [6, 6.07) is 11.3. The van der Waals surface area contributed by atoms with Gasteiger partial charge in [0, 0.05) is 42.1 Å². The Morgan fingerprint density at radius 1 is 1.24 bits per heavy atom. The molecule has 0 aliphatic rings. The molecule has 2 heterocycles. The maximum Gasteiger partial charge on any atom is 0.272 e. The van der Waals surface area contributed by atoms with Crippen LogP contribution in [0.3, 0.4) is 0 Å². The number of pyridine rings is 2. The molecule has 0 unspecified atom stereocenters. The number of sulfonamides is 1. The van der Waals surface area contributed by atoms with Crippen molar-refractivity contribution in [2.24, 2.45) is 0 Å². The highest BCUT2D eigenvalue weighted by molar-refractivity contribution is 7.92. The third-order valence-corrected chi connectivity index (χ3v) is 5.06. The zero-order valence-electron chi connectivity index (χ0n) is 16.1. The van der Waals surface area contributed by atoms with E-state index in [-0.39, 0.29) is 5.69 Å². The Morgan fingerprint density at radius 2 is 2.03 bits per heavy atom. The number of hydrogen-bond donors (Lipinski definition) is 2. The van der Waals surface area contributed by atoms with Gasteiger partial charge in [-0.2, -0.15) is 5.26 Å². The predicted molar refractivity (Wildman–Crippen MR) is 114 cm³/mol. The summed E-state index contributed by atoms with van der Waals surface area (Å²) in [5.74, 6) is 0. The lowest BCUT2D eigenvalue weighted by Gasteiger charge is -2.23. The van der Waals surface area contributed by atoms with Crippen LogP contribution < -0.4 is 15.2 Å². The average Bonchev–Trinajstić information content (AvgIpc) is 2.69. The molecule has 1 aromatic carbocycles. The summed E-state index contributed by atoms with van der Waals surface area (Å²) < 4.78 is 25.3. The Kier molecular flexibility index (Phi) is 5.84. The summed E-state index contributed by atoms with van der Waals surface area (Å²) in [5.41, 5.74) is 2.68. The quantitative estimate of drug-likeness (QED) is 0.617. The molecule has 0 spiro atoms. The lowest BCUT2D eigenvalue weighted by Crippen LogP contribution is -2.23. The van der Waals surface area contributed by atoms with Crippen LogP contribution >= 0.6 is 0 Å². The highest BCUT2D eigenvalue weighted by atomic mass is 32.2. The summed E-state index contributed by atoms with van der Waals surface area (Å²) in [4.78, 5) is 21.0. The average molecular weight is 411 g/mol. The Labute approximate surface area is 168 Å². The van der Waals surface area contributed by atoms with Crippen molar-refractivity contribution in [3.8, 4) is 17.2 Å². The minimum atomic E-state index is -3.58. The van der Waals surface area contributed by atoms with E-state index < -0.39 is 15.6 Å². The molecular weight excluding hydrogens is 390 g/mol. The van der Waals surface area contributed by atoms with Crippen molar-refractivity contribution in [2.75, 3.05) is 29.0 Å². The largest absolute Gasteiger partial charge is 0.370 e. The van der Waals surface area contributed by atoms with Crippen LogP contribution in [0.25, 0.3) is 22.0 Å². The smallest absolute Gasteiger partial charge is 0.272 e. The predicted octanol–water partition coefficient (Wildman–Crippen LogP) is 2.70. The molecule has 9 heteroatoms. The molecule has 0 amide bonds. The van der Waals surface area contributed by atoms with E-state index in [9.17, 15) is 13.2 Å². The van der Waals surface area contributed by atoms with E-state index in [1.165, 1.54) is 6.07 Å². The van der Waals surface area contributed by atoms with Gasteiger partial charge in [-0.15, -0.1) is 0 Å². The molecule has 0 fully saturated rings. The van der Waals surface area contributed by atoms with Crippen molar-refractivity contribution in [2.45, 2.75) is 13.3 Å². The van der Waals surface area contributed by atoms with Crippen molar-refractivity contribution in [3.05, 3.63) is 53.1 Å². The normalized spacial score (nSPS) is 11.2. The molecule has 29 heavy (non-hydrogen) atoms. The Morgan fingerprint density at radius 3 is 2.72 bits per heavy atom. The van der Waals surface area contributed by atoms with Crippen LogP contribution in [0.1, 0.15) is 13.3 Å². The van der Waals surface area contributed by atoms with Gasteiger partial charge in [-0.1, -0.05) is 6.07 Å². The minimum Gasteiger partial charge on any atom is -0.370 e. The van der Waals surface area contributed by atoms with E-state index in [0.717, 1.165) is 35.0 Å². The van der Waals surface area contributed by atoms with Crippen LogP contribution in [-0.2, 0) is 10.0 Å². The van der Waals surface area contributed by atoms with Crippen LogP contribution in [0.15, 0.2) is 47.5 Å². The summed E-state index contributed by atoms with van der Waals surface area (Å²) >= 11 is 0. The van der Waals surface area contributed by atoms with Crippen LogP contribution in [0, 0.1) is 11.3 Å². The van der Waals surface area contributed by atoms with Gasteiger partial charge in [-0.05, 0) is 36.8 Å². The van der Waals surface area contributed by atoms with E-state index >= 15 is 0 Å². The molecule has 8 nitrogen and oxygen atoms in total. The number of anilines is 2. The first kappa shape index (κ1) is 20.4. The topological polar surface area (TPSA) is 119 Å². The van der Waals surface area contributed by atoms with Crippen molar-refractivity contribution in [3.63, 3.8) is 0 Å². The Balaban J connectivity index is 2.10. The van der Waals surface area contributed by atoms with Gasteiger partial charge in [0.15, 0.2) is 0 Å². The number of nitrogens with one attached hydrogen (secondary N) is 2. The van der Waals surface area contributed by atoms with E-state index in [4.69, 9.17) is 5.26 Å². The molecule has 0 bridgehead atoms. The van der Waals surface area contributed by atoms with Crippen LogP contribution in [0.4, 0.5) is 11.4 Å². The molecular formula is C20H21N5O3S. The first-order valence-corrected chi connectivity index (χ1v) is 10.9. The summed E-state index contributed by atoms with van der Waals surface area (Å²) in [5, 5.41) is 9.84. The monoisotopic (exact) mass is 411 g/mol. The van der Waals surface area contributed by atoms with E-state index in [1.807, 2.05) is 31.2 Å². The third kappa shape index (κ3) is 4.73. The maximum atomic E-state index is 11.9. The molecule has 150 valence electrons. The number of fused-ring (bicyclic) bond motifs is 1. The first-order valence-electron chi connectivity index (χ1n) is 9.04. The van der Waals surface area contributed by atoms with Gasteiger partial charge in [-0.25, -0.2) is 8.42 Å². The van der Waals surface area contributed by atoms with Gasteiger partial charge in [-0.3, -0.25) is 14.5 Å². The number of hydrogen-bond acceptors (Lipinski definition) is 6. The van der Waals surface area contributed by atoms with Gasteiger partial charge in [0.2, 0.25) is 10.0 Å². The van der Waals surface area contributed by atoms with Crippen molar-refractivity contribution >= 4 is 32.3 Å². The molecule has 2 aromatic heterocycles. The maximum absolute atomic E-state index is 11.9. The molecule has 3 aromatic rings. The fourth-order valence-electron chi connectivity index (χ4n) is 3.15. The summed E-state index contributed by atoms with van der Waals surface area (Å²) in [7, 11) is -3.58. The second kappa shape index (κ2) is 8.32. The standard InChI is InChI=1S/C20H21N5O3S/c1-3-25(10-4-8-21)19-7-9-22-17-6-5-14(11-16(17)19)15-12-18(20(26)23-13-15)24-29(2,27)28/h5-7,9,11-13,24H,3-4,10H2,1-2H3,(H,23,26). The number of benzene rings is 1. The molecule has 0 radical (unpaired) electrons. The van der Waals surface area contributed by atoms with Crippen molar-refractivity contribution in [1.29, 1.82) is 5.26 Å². The molecule has 0 saturated carbocycles. The molecule has 2 N–H and O–H groups in total. The number of rotatable bonds is 7. The van der Waals surface area contributed by atoms with E-state index in [1.54, 1.807) is 12.4 Å². The highest BCUT2D eigenvalue weighted by Gasteiger charge is 2.12. The van der Waals surface area contributed by atoms with Crippen molar-refractivity contribution in [1.82, 2.24) is 9.97 Å². The van der Waals surface area contributed by atoms with Crippen LogP contribution in [0.5, 0.6) is 0 Å². The second-order valence-electron chi connectivity index (χ2n) is 6.56. The number of aromatic amines is 1. The molecule has 3 rings (SSSR count). The SMILES string of the molecule is CCN(CCC#N)c1ccnc2ccc(-c3c[nH]c(=O)c(NS(C)(=O)=O)c3)cc12. The van der Waals surface area contributed by atoms with E-state index in [0.29, 0.717) is 18.5 Å². The van der Waals surface area contributed by atoms with Gasteiger partial charge >= 0.3 is 0 Å². The van der Waals surface area contributed by atoms with Gasteiger partial charge in [0.25, 0.3) is 5.56 Å². The zero-order valence-corrected chi connectivity index (χ0v) is 17.0. The van der Waals surface area contributed by atoms with E-state index in [2.05, 4.69) is 25.7 Å². The van der Waals surface area contributed by atoms with Crippen molar-refractivity contribution < 1.29 is 8.42 Å². The molecule has 0 aliphatic heterocycles. The molecule has 0 aliphatic carbocycles. The lowest BCUT2D eigenvalue weighted by atomic mass is 10.0. The third-order valence-electron chi connectivity index (χ3n) is 4.47. The highest BCUT2D eigenvalue weighted by Crippen LogP contribution is 2.30. The number of nitriles is 1. The molecule has 0 atom stereocenters. The lowest BCUT2D eigenvalue weighted by molar-refractivity contribution is 0.606. The van der Waals surface area contributed by atoms with Gasteiger partial charge in [0.05, 0.1) is 24.3 Å². The molecule has 0 saturated heterocycles. The number of H-pyrrole nitrogens is 1. The summed E-state index contributed by atoms with van der Waals surface area (Å²) in [6.07, 6.45) is 4.69. The summed E-state index contributed by atoms with van der Waals surface area (Å²) in [6.45, 7) is 3.38. The fourth-order valence-corrected chi connectivity index (χ4v) is 3.70.